The fraction of sp³-hybridized carbons (Fsp3) is 0.286. The van der Waals surface area contributed by atoms with Gasteiger partial charge in [-0.2, -0.15) is 0 Å². The zero-order valence-corrected chi connectivity index (χ0v) is 11.2. The molecule has 0 radical (unpaired) electrons. The number of rotatable bonds is 3. The molecule has 4 heteroatoms. The van der Waals surface area contributed by atoms with Crippen LogP contribution in [0.4, 0.5) is 0 Å². The van der Waals surface area contributed by atoms with Crippen molar-refractivity contribution in [3.05, 3.63) is 40.0 Å². The van der Waals surface area contributed by atoms with Gasteiger partial charge in [0.05, 0.1) is 10.5 Å². The maximum Gasteiger partial charge on any atom is 0.217 e. The second-order valence-electron chi connectivity index (χ2n) is 4.53. The number of aryl methyl sites for hydroxylation is 3. The van der Waals surface area contributed by atoms with E-state index in [9.17, 15) is 4.79 Å². The standard InChI is InChI=1S/C14H15ClN2O/c1-8-5-10(3-4-13(16)18)14-11(6-8)12(15)7-9(2)17-14/h5-7H,3-4H2,1-2H3,(H2,16,18). The number of primary amides is 1. The first kappa shape index (κ1) is 12.8. The summed E-state index contributed by atoms with van der Waals surface area (Å²) < 4.78 is 0. The van der Waals surface area contributed by atoms with E-state index >= 15 is 0 Å². The van der Waals surface area contributed by atoms with Crippen LogP contribution in [0.25, 0.3) is 10.9 Å². The number of halogens is 1. The smallest absolute Gasteiger partial charge is 0.217 e. The van der Waals surface area contributed by atoms with Gasteiger partial charge in [0.25, 0.3) is 0 Å². The number of hydrogen-bond donors (Lipinski definition) is 1. The number of aromatic nitrogens is 1. The first-order valence-electron chi connectivity index (χ1n) is 5.82. The molecule has 1 amide bonds. The van der Waals surface area contributed by atoms with Crippen LogP contribution in [0.2, 0.25) is 5.02 Å². The van der Waals surface area contributed by atoms with E-state index in [0.717, 1.165) is 27.7 Å². The topological polar surface area (TPSA) is 56.0 Å². The molecule has 0 aliphatic rings. The van der Waals surface area contributed by atoms with Gasteiger partial charge in [-0.25, -0.2) is 0 Å². The first-order valence-corrected chi connectivity index (χ1v) is 6.20. The van der Waals surface area contributed by atoms with Crippen LogP contribution in [0.15, 0.2) is 18.2 Å². The molecule has 1 aromatic heterocycles. The molecule has 0 saturated heterocycles. The molecule has 0 unspecified atom stereocenters. The Hall–Kier alpha value is -1.61. The van der Waals surface area contributed by atoms with Crippen molar-refractivity contribution in [3.8, 4) is 0 Å². The van der Waals surface area contributed by atoms with E-state index in [1.807, 2.05) is 32.0 Å². The zero-order chi connectivity index (χ0) is 13.3. The maximum absolute atomic E-state index is 10.9. The van der Waals surface area contributed by atoms with E-state index in [1.54, 1.807) is 0 Å². The number of benzene rings is 1. The maximum atomic E-state index is 10.9. The summed E-state index contributed by atoms with van der Waals surface area (Å²) in [7, 11) is 0. The first-order chi connectivity index (χ1) is 8.47. The summed E-state index contributed by atoms with van der Waals surface area (Å²) in [4.78, 5) is 15.4. The summed E-state index contributed by atoms with van der Waals surface area (Å²) in [5.74, 6) is -0.302. The quantitative estimate of drug-likeness (QED) is 0.925. The highest BCUT2D eigenvalue weighted by Gasteiger charge is 2.09. The van der Waals surface area contributed by atoms with Crippen molar-refractivity contribution in [1.29, 1.82) is 0 Å². The zero-order valence-electron chi connectivity index (χ0n) is 10.5. The van der Waals surface area contributed by atoms with Gasteiger partial charge >= 0.3 is 0 Å². The number of carbonyl (C=O) groups is 1. The summed E-state index contributed by atoms with van der Waals surface area (Å²) in [5.41, 5.74) is 9.06. The van der Waals surface area contributed by atoms with Crippen LogP contribution in [0.3, 0.4) is 0 Å². The van der Waals surface area contributed by atoms with Gasteiger partial charge in [0, 0.05) is 17.5 Å². The number of nitrogens with zero attached hydrogens (tertiary/aromatic N) is 1. The molecule has 0 atom stereocenters. The lowest BCUT2D eigenvalue weighted by Crippen LogP contribution is -2.11. The Balaban J connectivity index is 2.60. The van der Waals surface area contributed by atoms with E-state index in [2.05, 4.69) is 4.98 Å². The van der Waals surface area contributed by atoms with Crippen molar-refractivity contribution in [2.45, 2.75) is 26.7 Å². The van der Waals surface area contributed by atoms with Crippen LogP contribution in [-0.2, 0) is 11.2 Å². The van der Waals surface area contributed by atoms with Crippen LogP contribution in [0.5, 0.6) is 0 Å². The number of amides is 1. The molecular weight excluding hydrogens is 248 g/mol. The molecule has 3 nitrogen and oxygen atoms in total. The minimum Gasteiger partial charge on any atom is -0.370 e. The molecule has 1 aromatic carbocycles. The van der Waals surface area contributed by atoms with Crippen molar-refractivity contribution in [2.24, 2.45) is 5.73 Å². The molecule has 0 aliphatic carbocycles. The van der Waals surface area contributed by atoms with Crippen LogP contribution >= 0.6 is 11.6 Å². The number of fused-ring (bicyclic) bond motifs is 1. The van der Waals surface area contributed by atoms with E-state index < -0.39 is 0 Å². The highest BCUT2D eigenvalue weighted by Crippen LogP contribution is 2.27. The number of hydrogen-bond acceptors (Lipinski definition) is 2. The Morgan fingerprint density at radius 3 is 2.72 bits per heavy atom. The largest absolute Gasteiger partial charge is 0.370 e. The molecule has 2 N–H and O–H groups in total. The third-order valence-corrected chi connectivity index (χ3v) is 3.17. The predicted octanol–water partition coefficient (Wildman–Crippen LogP) is 2.92. The average molecular weight is 263 g/mol. The molecule has 0 saturated carbocycles. The van der Waals surface area contributed by atoms with Crippen LogP contribution < -0.4 is 5.73 Å². The van der Waals surface area contributed by atoms with E-state index in [-0.39, 0.29) is 5.91 Å². The van der Waals surface area contributed by atoms with Crippen molar-refractivity contribution in [2.75, 3.05) is 0 Å². The lowest BCUT2D eigenvalue weighted by molar-refractivity contribution is -0.117. The van der Waals surface area contributed by atoms with E-state index in [4.69, 9.17) is 17.3 Å². The Morgan fingerprint density at radius 2 is 2.06 bits per heavy atom. The molecule has 1 heterocycles. The van der Waals surface area contributed by atoms with Gasteiger partial charge in [-0.05, 0) is 38.0 Å². The van der Waals surface area contributed by atoms with Gasteiger partial charge in [-0.15, -0.1) is 0 Å². The average Bonchev–Trinajstić information content (AvgIpc) is 2.27. The molecule has 0 aliphatic heterocycles. The Labute approximate surface area is 111 Å². The van der Waals surface area contributed by atoms with Gasteiger partial charge in [-0.1, -0.05) is 23.2 Å². The fourth-order valence-electron chi connectivity index (χ4n) is 2.09. The summed E-state index contributed by atoms with van der Waals surface area (Å²) in [5, 5.41) is 1.63. The third kappa shape index (κ3) is 2.62. The van der Waals surface area contributed by atoms with E-state index in [1.165, 1.54) is 0 Å². The minimum atomic E-state index is -0.302. The fourth-order valence-corrected chi connectivity index (χ4v) is 2.39. The summed E-state index contributed by atoms with van der Waals surface area (Å²) >= 11 is 6.24. The van der Waals surface area contributed by atoms with Crippen molar-refractivity contribution in [3.63, 3.8) is 0 Å². The predicted molar refractivity (Wildman–Crippen MR) is 73.7 cm³/mol. The molecule has 0 spiro atoms. The lowest BCUT2D eigenvalue weighted by Gasteiger charge is -2.09. The second-order valence-corrected chi connectivity index (χ2v) is 4.94. The Kier molecular flexibility index (Phi) is 3.53. The second kappa shape index (κ2) is 4.94. The SMILES string of the molecule is Cc1cc(CCC(N)=O)c2nc(C)cc(Cl)c2c1. The number of pyridine rings is 1. The summed E-state index contributed by atoms with van der Waals surface area (Å²) in [6.07, 6.45) is 0.923. The van der Waals surface area contributed by atoms with Crippen LogP contribution in [-0.4, -0.2) is 10.9 Å². The summed E-state index contributed by atoms with van der Waals surface area (Å²) in [6, 6.07) is 5.90. The molecule has 0 bridgehead atoms. The van der Waals surface area contributed by atoms with Gasteiger partial charge < -0.3 is 5.73 Å². The van der Waals surface area contributed by atoms with Crippen LogP contribution in [0.1, 0.15) is 23.2 Å². The van der Waals surface area contributed by atoms with Crippen molar-refractivity contribution in [1.82, 2.24) is 4.98 Å². The molecule has 2 rings (SSSR count). The molecular formula is C14H15ClN2O. The Morgan fingerprint density at radius 1 is 1.33 bits per heavy atom. The monoisotopic (exact) mass is 262 g/mol. The Bertz CT molecular complexity index is 623. The molecule has 2 aromatic rings. The van der Waals surface area contributed by atoms with Crippen molar-refractivity contribution < 1.29 is 4.79 Å². The van der Waals surface area contributed by atoms with Crippen molar-refractivity contribution >= 4 is 28.4 Å². The van der Waals surface area contributed by atoms with Gasteiger partial charge in [0.1, 0.15) is 0 Å². The lowest BCUT2D eigenvalue weighted by atomic mass is 10.0. The normalized spacial score (nSPS) is 10.8. The summed E-state index contributed by atoms with van der Waals surface area (Å²) in [6.45, 7) is 3.91. The molecule has 94 valence electrons. The highest BCUT2D eigenvalue weighted by molar-refractivity contribution is 6.35. The number of nitrogens with two attached hydrogens (primary N) is 1. The van der Waals surface area contributed by atoms with E-state index in [0.29, 0.717) is 17.9 Å². The minimum absolute atomic E-state index is 0.302. The van der Waals surface area contributed by atoms with Gasteiger partial charge in [0.15, 0.2) is 0 Å². The van der Waals surface area contributed by atoms with Crippen LogP contribution in [0, 0.1) is 13.8 Å². The molecule has 0 fully saturated rings. The molecule has 18 heavy (non-hydrogen) atoms. The number of carbonyl (C=O) groups excluding carboxylic acids is 1. The van der Waals surface area contributed by atoms with Gasteiger partial charge in [0.2, 0.25) is 5.91 Å². The van der Waals surface area contributed by atoms with Gasteiger partial charge in [-0.3, -0.25) is 9.78 Å². The highest BCUT2D eigenvalue weighted by atomic mass is 35.5. The third-order valence-electron chi connectivity index (χ3n) is 2.86.